The molecule has 0 amide bonds. The molecule has 1 aromatic rings. The topological polar surface area (TPSA) is 39.6 Å². The van der Waals surface area contributed by atoms with E-state index in [0.29, 0.717) is 0 Å². The molecule has 4 heteroatoms. The predicted molar refractivity (Wildman–Crippen MR) is 69.2 cm³/mol. The van der Waals surface area contributed by atoms with Crippen LogP contribution in [0.15, 0.2) is 18.3 Å². The van der Waals surface area contributed by atoms with E-state index in [-0.39, 0.29) is 0 Å². The molecule has 1 N–H and O–H groups in total. The molecule has 1 fully saturated rings. The average molecular weight is 235 g/mol. The van der Waals surface area contributed by atoms with E-state index in [4.69, 9.17) is 0 Å². The van der Waals surface area contributed by atoms with E-state index in [1.165, 1.54) is 0 Å². The minimum atomic E-state index is -0.437. The van der Waals surface area contributed by atoms with E-state index < -0.39 is 6.10 Å². The number of aliphatic hydroxyl groups excluding tert-OH is 1. The normalized spacial score (nSPS) is 19.4. The highest BCUT2D eigenvalue weighted by Gasteiger charge is 2.16. The molecule has 0 aliphatic carbocycles. The Morgan fingerprint density at radius 1 is 1.29 bits per heavy atom. The second kappa shape index (κ2) is 5.47. The summed E-state index contributed by atoms with van der Waals surface area (Å²) in [5.41, 5.74) is 0.876. The van der Waals surface area contributed by atoms with Crippen molar-refractivity contribution in [2.45, 2.75) is 20.0 Å². The van der Waals surface area contributed by atoms with Crippen molar-refractivity contribution in [1.82, 2.24) is 9.88 Å². The summed E-state index contributed by atoms with van der Waals surface area (Å²) in [7, 11) is 0. The third-order valence-corrected chi connectivity index (χ3v) is 3.40. The Bertz CT molecular complexity index is 342. The maximum atomic E-state index is 9.43. The van der Waals surface area contributed by atoms with Gasteiger partial charge >= 0.3 is 0 Å². The van der Waals surface area contributed by atoms with Crippen molar-refractivity contribution in [2.75, 3.05) is 37.6 Å². The maximum Gasteiger partial charge on any atom is 0.128 e. The predicted octanol–water partition coefficient (Wildman–Crippen LogP) is 1.28. The van der Waals surface area contributed by atoms with Crippen LogP contribution in [-0.2, 0) is 0 Å². The molecule has 94 valence electrons. The molecule has 1 atom stereocenters. The quantitative estimate of drug-likeness (QED) is 0.856. The number of aromatic nitrogens is 1. The average Bonchev–Trinajstić information content (AvgIpc) is 2.39. The number of anilines is 1. The fraction of sp³-hybridized carbons (Fsp3) is 0.615. The summed E-state index contributed by atoms with van der Waals surface area (Å²) in [5.74, 6) is 1.02. The lowest BCUT2D eigenvalue weighted by atomic mass is 10.2. The summed E-state index contributed by atoms with van der Waals surface area (Å²) >= 11 is 0. The number of hydrogen-bond donors (Lipinski definition) is 1. The van der Waals surface area contributed by atoms with Gasteiger partial charge in [-0.3, -0.25) is 0 Å². The van der Waals surface area contributed by atoms with Crippen LogP contribution in [0.25, 0.3) is 0 Å². The van der Waals surface area contributed by atoms with Gasteiger partial charge in [-0.15, -0.1) is 0 Å². The second-order valence-corrected chi connectivity index (χ2v) is 4.55. The van der Waals surface area contributed by atoms with Gasteiger partial charge in [0.15, 0.2) is 0 Å². The van der Waals surface area contributed by atoms with Crippen LogP contribution in [0.3, 0.4) is 0 Å². The maximum absolute atomic E-state index is 9.43. The molecule has 2 rings (SSSR count). The van der Waals surface area contributed by atoms with Crippen molar-refractivity contribution in [3.8, 4) is 0 Å². The highest BCUT2D eigenvalue weighted by Crippen LogP contribution is 2.17. The van der Waals surface area contributed by atoms with Gasteiger partial charge in [-0.2, -0.15) is 0 Å². The molecule has 1 saturated heterocycles. The molecule has 1 aliphatic heterocycles. The van der Waals surface area contributed by atoms with Crippen LogP contribution in [0.4, 0.5) is 5.82 Å². The summed E-state index contributed by atoms with van der Waals surface area (Å²) in [6.07, 6.45) is 1.33. The molecule has 2 heterocycles. The van der Waals surface area contributed by atoms with Crippen LogP contribution in [0.5, 0.6) is 0 Å². The summed E-state index contributed by atoms with van der Waals surface area (Å²) < 4.78 is 0. The van der Waals surface area contributed by atoms with E-state index in [1.807, 2.05) is 12.1 Å². The van der Waals surface area contributed by atoms with Gasteiger partial charge in [0.25, 0.3) is 0 Å². The third-order valence-electron chi connectivity index (χ3n) is 3.40. The smallest absolute Gasteiger partial charge is 0.128 e. The van der Waals surface area contributed by atoms with Gasteiger partial charge in [0.2, 0.25) is 0 Å². The van der Waals surface area contributed by atoms with E-state index >= 15 is 0 Å². The van der Waals surface area contributed by atoms with Crippen molar-refractivity contribution in [3.05, 3.63) is 23.9 Å². The lowest BCUT2D eigenvalue weighted by molar-refractivity contribution is 0.199. The third kappa shape index (κ3) is 2.96. The number of likely N-dealkylation sites (N-methyl/N-ethyl adjacent to an activating group) is 1. The van der Waals surface area contributed by atoms with Crippen LogP contribution < -0.4 is 4.90 Å². The van der Waals surface area contributed by atoms with Crippen molar-refractivity contribution in [2.24, 2.45) is 0 Å². The molecular weight excluding hydrogens is 214 g/mol. The van der Waals surface area contributed by atoms with Gasteiger partial charge in [-0.05, 0) is 25.1 Å². The Balaban J connectivity index is 1.99. The fourth-order valence-corrected chi connectivity index (χ4v) is 2.12. The molecule has 0 bridgehead atoms. The summed E-state index contributed by atoms with van der Waals surface area (Å²) in [5, 5.41) is 9.43. The van der Waals surface area contributed by atoms with Crippen molar-refractivity contribution in [3.63, 3.8) is 0 Å². The molecule has 1 aliphatic rings. The van der Waals surface area contributed by atoms with Crippen LogP contribution in [0, 0.1) is 0 Å². The molecule has 17 heavy (non-hydrogen) atoms. The number of aliphatic hydroxyl groups is 1. The molecule has 0 unspecified atom stereocenters. The first kappa shape index (κ1) is 12.3. The summed E-state index contributed by atoms with van der Waals surface area (Å²) in [4.78, 5) is 9.17. The SMILES string of the molecule is CCN1CCN(c2ccc([C@H](C)O)cn2)CC1. The Morgan fingerprint density at radius 3 is 2.47 bits per heavy atom. The zero-order valence-electron chi connectivity index (χ0n) is 10.6. The number of pyridine rings is 1. The van der Waals surface area contributed by atoms with E-state index in [0.717, 1.165) is 44.1 Å². The van der Waals surface area contributed by atoms with Crippen LogP contribution in [0.1, 0.15) is 25.5 Å². The highest BCUT2D eigenvalue weighted by molar-refractivity contribution is 5.40. The standard InChI is InChI=1S/C13H21N3O/c1-3-15-6-8-16(9-7-15)13-5-4-12(10-14-13)11(2)17/h4-5,10-11,17H,3,6-9H2,1-2H3/t11-/m0/s1. The Hall–Kier alpha value is -1.13. The zero-order valence-corrected chi connectivity index (χ0v) is 10.6. The minimum Gasteiger partial charge on any atom is -0.389 e. The molecule has 0 aromatic carbocycles. The second-order valence-electron chi connectivity index (χ2n) is 4.55. The molecule has 0 spiro atoms. The lowest BCUT2D eigenvalue weighted by Crippen LogP contribution is -2.46. The Labute approximate surface area is 103 Å². The monoisotopic (exact) mass is 235 g/mol. The number of hydrogen-bond acceptors (Lipinski definition) is 4. The molecule has 0 radical (unpaired) electrons. The van der Waals surface area contributed by atoms with Gasteiger partial charge in [0.05, 0.1) is 6.10 Å². The number of rotatable bonds is 3. The van der Waals surface area contributed by atoms with Gasteiger partial charge in [0.1, 0.15) is 5.82 Å². The molecule has 0 saturated carbocycles. The molecular formula is C13H21N3O. The van der Waals surface area contributed by atoms with Crippen LogP contribution >= 0.6 is 0 Å². The van der Waals surface area contributed by atoms with Crippen LogP contribution in [0.2, 0.25) is 0 Å². The van der Waals surface area contributed by atoms with Gasteiger partial charge in [-0.25, -0.2) is 4.98 Å². The van der Waals surface area contributed by atoms with Gasteiger partial charge < -0.3 is 14.9 Å². The number of nitrogens with zero attached hydrogens (tertiary/aromatic N) is 3. The van der Waals surface area contributed by atoms with Gasteiger partial charge in [-0.1, -0.05) is 13.0 Å². The minimum absolute atomic E-state index is 0.437. The first-order chi connectivity index (χ1) is 8.20. The summed E-state index contributed by atoms with van der Waals surface area (Å²) in [6, 6.07) is 3.96. The Morgan fingerprint density at radius 2 is 2.00 bits per heavy atom. The van der Waals surface area contributed by atoms with Gasteiger partial charge in [0, 0.05) is 32.4 Å². The molecule has 1 aromatic heterocycles. The first-order valence-corrected chi connectivity index (χ1v) is 6.32. The van der Waals surface area contributed by atoms with E-state index in [1.54, 1.807) is 13.1 Å². The lowest BCUT2D eigenvalue weighted by Gasteiger charge is -2.34. The van der Waals surface area contributed by atoms with Crippen molar-refractivity contribution < 1.29 is 5.11 Å². The fourth-order valence-electron chi connectivity index (χ4n) is 2.12. The highest BCUT2D eigenvalue weighted by atomic mass is 16.3. The van der Waals surface area contributed by atoms with Crippen molar-refractivity contribution >= 4 is 5.82 Å². The Kier molecular flexibility index (Phi) is 3.97. The van der Waals surface area contributed by atoms with E-state index in [9.17, 15) is 5.11 Å². The number of piperazine rings is 1. The largest absolute Gasteiger partial charge is 0.389 e. The van der Waals surface area contributed by atoms with Crippen LogP contribution in [-0.4, -0.2) is 47.7 Å². The molecule has 4 nitrogen and oxygen atoms in total. The van der Waals surface area contributed by atoms with Crippen molar-refractivity contribution in [1.29, 1.82) is 0 Å². The van der Waals surface area contributed by atoms with E-state index in [2.05, 4.69) is 21.7 Å². The summed E-state index contributed by atoms with van der Waals surface area (Å²) in [6.45, 7) is 9.38. The first-order valence-electron chi connectivity index (χ1n) is 6.32. The zero-order chi connectivity index (χ0) is 12.3.